The summed E-state index contributed by atoms with van der Waals surface area (Å²) in [5.41, 5.74) is -0.283. The van der Waals surface area contributed by atoms with Crippen LogP contribution in [0.2, 0.25) is 5.02 Å². The fourth-order valence-electron chi connectivity index (χ4n) is 2.50. The Bertz CT molecular complexity index is 1110. The summed E-state index contributed by atoms with van der Waals surface area (Å²) in [7, 11) is 0. The maximum atomic E-state index is 13.0. The fraction of sp³-hybridized carbons (Fsp3) is 0.200. The number of ether oxygens (including phenoxy) is 1. The molecule has 0 unspecified atom stereocenters. The van der Waals surface area contributed by atoms with E-state index in [1.807, 2.05) is 30.3 Å². The van der Waals surface area contributed by atoms with E-state index >= 15 is 0 Å². The topological polar surface area (TPSA) is 93.2 Å². The van der Waals surface area contributed by atoms with Crippen LogP contribution in [-0.2, 0) is 17.5 Å². The van der Waals surface area contributed by atoms with Crippen molar-refractivity contribution in [3.8, 4) is 0 Å². The van der Waals surface area contributed by atoms with Crippen molar-refractivity contribution in [3.05, 3.63) is 74.8 Å². The highest BCUT2D eigenvalue weighted by Crippen LogP contribution is 2.35. The first-order valence-corrected chi connectivity index (χ1v) is 10.3. The molecule has 2 aromatic heterocycles. The standard InChI is InChI=1S/C20H16ClF3N4O3S/c1-11(27-19(30)31-10-12-5-3-2-4-6-12)18-26-9-15(32-18)17(29)28-16-7-13(20(22,23)24)14(21)8-25-16/h2-9,11H,10H2,1H3,(H,27,30)(H,25,28,29)/t11-/m1/s1. The van der Waals surface area contributed by atoms with E-state index in [0.29, 0.717) is 11.1 Å². The first-order valence-electron chi connectivity index (χ1n) is 9.10. The van der Waals surface area contributed by atoms with Crippen molar-refractivity contribution in [1.82, 2.24) is 15.3 Å². The summed E-state index contributed by atoms with van der Waals surface area (Å²) in [6, 6.07) is 9.21. The van der Waals surface area contributed by atoms with E-state index in [4.69, 9.17) is 16.3 Å². The number of carbonyl (C=O) groups excluding carboxylic acids is 2. The summed E-state index contributed by atoms with van der Waals surface area (Å²) in [5, 5.41) is 4.72. The van der Waals surface area contributed by atoms with E-state index in [2.05, 4.69) is 20.6 Å². The lowest BCUT2D eigenvalue weighted by atomic mass is 10.2. The van der Waals surface area contributed by atoms with E-state index in [-0.39, 0.29) is 17.3 Å². The lowest BCUT2D eigenvalue weighted by Crippen LogP contribution is -2.27. The Kier molecular flexibility index (Phi) is 7.31. The number of amides is 2. The van der Waals surface area contributed by atoms with Gasteiger partial charge in [-0.2, -0.15) is 13.2 Å². The summed E-state index contributed by atoms with van der Waals surface area (Å²) in [6.45, 7) is 1.75. The van der Waals surface area contributed by atoms with Crippen LogP contribution in [0.1, 0.15) is 38.8 Å². The number of pyridine rings is 1. The second-order valence-corrected chi connectivity index (χ2v) is 7.96. The third-order valence-electron chi connectivity index (χ3n) is 4.07. The monoisotopic (exact) mass is 484 g/mol. The first-order chi connectivity index (χ1) is 15.1. The summed E-state index contributed by atoms with van der Waals surface area (Å²) in [4.78, 5) is 32.2. The molecule has 12 heteroatoms. The van der Waals surface area contributed by atoms with Gasteiger partial charge in [0.1, 0.15) is 22.3 Å². The van der Waals surface area contributed by atoms with E-state index < -0.39 is 34.8 Å². The smallest absolute Gasteiger partial charge is 0.418 e. The third-order valence-corrected chi connectivity index (χ3v) is 5.55. The Morgan fingerprint density at radius 3 is 2.59 bits per heavy atom. The maximum absolute atomic E-state index is 13.0. The van der Waals surface area contributed by atoms with E-state index in [1.54, 1.807) is 6.92 Å². The van der Waals surface area contributed by atoms with Gasteiger partial charge in [0.25, 0.3) is 5.91 Å². The molecule has 7 nitrogen and oxygen atoms in total. The van der Waals surface area contributed by atoms with Crippen LogP contribution in [0, 0.1) is 0 Å². The number of nitrogens with zero attached hydrogens (tertiary/aromatic N) is 2. The summed E-state index contributed by atoms with van der Waals surface area (Å²) < 4.78 is 44.0. The minimum atomic E-state index is -4.69. The van der Waals surface area contributed by atoms with Crippen molar-refractivity contribution in [1.29, 1.82) is 0 Å². The number of hydrogen-bond acceptors (Lipinski definition) is 6. The summed E-state index contributed by atoms with van der Waals surface area (Å²) in [6.07, 6.45) is -3.28. The van der Waals surface area contributed by atoms with Crippen LogP contribution in [0.3, 0.4) is 0 Å². The van der Waals surface area contributed by atoms with Crippen molar-refractivity contribution in [3.63, 3.8) is 0 Å². The van der Waals surface area contributed by atoms with Gasteiger partial charge in [-0.15, -0.1) is 11.3 Å². The SMILES string of the molecule is C[C@@H](NC(=O)OCc1ccccc1)c1ncc(C(=O)Nc2cc(C(F)(F)F)c(Cl)cn2)s1. The molecule has 0 spiro atoms. The van der Waals surface area contributed by atoms with Crippen molar-refractivity contribution >= 4 is 40.8 Å². The second kappa shape index (κ2) is 9.96. The number of halogens is 4. The van der Waals surface area contributed by atoms with E-state index in [9.17, 15) is 22.8 Å². The zero-order valence-electron chi connectivity index (χ0n) is 16.4. The van der Waals surface area contributed by atoms with Crippen LogP contribution < -0.4 is 10.6 Å². The van der Waals surface area contributed by atoms with Gasteiger partial charge >= 0.3 is 12.3 Å². The highest BCUT2D eigenvalue weighted by atomic mass is 35.5. The molecule has 1 atom stereocenters. The molecule has 2 amide bonds. The Morgan fingerprint density at radius 1 is 1.19 bits per heavy atom. The number of carbonyl (C=O) groups is 2. The highest BCUT2D eigenvalue weighted by Gasteiger charge is 2.34. The molecule has 0 radical (unpaired) electrons. The molecular formula is C20H16ClF3N4O3S. The van der Waals surface area contributed by atoms with Gasteiger partial charge in [0.05, 0.1) is 22.8 Å². The minimum Gasteiger partial charge on any atom is -0.445 e. The van der Waals surface area contributed by atoms with Crippen LogP contribution in [-0.4, -0.2) is 22.0 Å². The van der Waals surface area contributed by atoms with Crippen molar-refractivity contribution < 1.29 is 27.5 Å². The summed E-state index contributed by atoms with van der Waals surface area (Å²) >= 11 is 6.49. The molecule has 0 bridgehead atoms. The summed E-state index contributed by atoms with van der Waals surface area (Å²) in [5.74, 6) is -1.01. The Morgan fingerprint density at radius 2 is 1.91 bits per heavy atom. The molecule has 2 heterocycles. The zero-order chi connectivity index (χ0) is 23.3. The molecule has 0 aliphatic heterocycles. The van der Waals surface area contributed by atoms with Crippen LogP contribution in [0.15, 0.2) is 48.8 Å². The molecule has 2 N–H and O–H groups in total. The average molecular weight is 485 g/mol. The van der Waals surface area contributed by atoms with E-state index in [0.717, 1.165) is 23.1 Å². The predicted molar refractivity (Wildman–Crippen MR) is 112 cm³/mol. The van der Waals surface area contributed by atoms with Crippen molar-refractivity contribution in [2.45, 2.75) is 25.7 Å². The number of alkyl halides is 3. The Hall–Kier alpha value is -3.18. The van der Waals surface area contributed by atoms with Gasteiger partial charge in [-0.1, -0.05) is 41.9 Å². The number of rotatable bonds is 6. The largest absolute Gasteiger partial charge is 0.445 e. The second-order valence-electron chi connectivity index (χ2n) is 6.49. The normalized spacial score (nSPS) is 12.2. The molecular weight excluding hydrogens is 469 g/mol. The zero-order valence-corrected chi connectivity index (χ0v) is 18.0. The van der Waals surface area contributed by atoms with Gasteiger partial charge in [-0.05, 0) is 18.6 Å². The number of benzene rings is 1. The van der Waals surface area contributed by atoms with Crippen molar-refractivity contribution in [2.24, 2.45) is 0 Å². The van der Waals surface area contributed by atoms with Gasteiger partial charge in [0, 0.05) is 6.20 Å². The van der Waals surface area contributed by atoms with Crippen molar-refractivity contribution in [2.75, 3.05) is 5.32 Å². The van der Waals surface area contributed by atoms with Crippen LogP contribution in [0.5, 0.6) is 0 Å². The molecule has 0 fully saturated rings. The molecule has 3 rings (SSSR count). The number of nitrogens with one attached hydrogen (secondary N) is 2. The molecule has 168 valence electrons. The lowest BCUT2D eigenvalue weighted by molar-refractivity contribution is -0.137. The van der Waals surface area contributed by atoms with Gasteiger partial charge in [-0.3, -0.25) is 4.79 Å². The van der Waals surface area contributed by atoms with Gasteiger partial charge in [0.2, 0.25) is 0 Å². The van der Waals surface area contributed by atoms with Crippen LogP contribution >= 0.6 is 22.9 Å². The van der Waals surface area contributed by atoms with Gasteiger partial charge in [0.15, 0.2) is 0 Å². The molecule has 0 aliphatic rings. The molecule has 3 aromatic rings. The van der Waals surface area contributed by atoms with Gasteiger partial charge < -0.3 is 15.4 Å². The third kappa shape index (κ3) is 6.17. The molecule has 0 saturated heterocycles. The van der Waals surface area contributed by atoms with Crippen LogP contribution in [0.25, 0.3) is 0 Å². The molecule has 1 aromatic carbocycles. The Labute approximate surface area is 189 Å². The van der Waals surface area contributed by atoms with Crippen LogP contribution in [0.4, 0.5) is 23.8 Å². The quantitative estimate of drug-likeness (QED) is 0.485. The number of anilines is 1. The highest BCUT2D eigenvalue weighted by molar-refractivity contribution is 7.13. The minimum absolute atomic E-state index is 0.0962. The number of hydrogen-bond donors (Lipinski definition) is 2. The lowest BCUT2D eigenvalue weighted by Gasteiger charge is -2.11. The number of alkyl carbamates (subject to hydrolysis) is 1. The number of thiazole rings is 1. The average Bonchev–Trinajstić information content (AvgIpc) is 3.24. The Balaban J connectivity index is 1.58. The van der Waals surface area contributed by atoms with E-state index in [1.165, 1.54) is 6.20 Å². The fourth-order valence-corrected chi connectivity index (χ4v) is 3.52. The van der Waals surface area contributed by atoms with Gasteiger partial charge in [-0.25, -0.2) is 14.8 Å². The molecule has 0 aliphatic carbocycles. The molecule has 32 heavy (non-hydrogen) atoms. The number of aromatic nitrogens is 2. The first kappa shape index (κ1) is 23.5. The predicted octanol–water partition coefficient (Wildman–Crippen LogP) is 5.45. The molecule has 0 saturated carbocycles. The maximum Gasteiger partial charge on any atom is 0.418 e.